The number of hydrogen-bond donors (Lipinski definition) is 1. The number of amides is 1. The zero-order chi connectivity index (χ0) is 23.3. The van der Waals surface area contributed by atoms with Gasteiger partial charge in [0.15, 0.2) is 0 Å². The van der Waals surface area contributed by atoms with E-state index >= 15 is 0 Å². The van der Waals surface area contributed by atoms with Gasteiger partial charge >= 0.3 is 0 Å². The molecule has 0 aliphatic heterocycles. The molecule has 0 aliphatic rings. The molecule has 3 rings (SSSR count). The molecule has 0 aromatic heterocycles. The lowest BCUT2D eigenvalue weighted by molar-refractivity contribution is 0.102. The lowest BCUT2D eigenvalue weighted by Crippen LogP contribution is -2.29. The second kappa shape index (κ2) is 10.1. The van der Waals surface area contributed by atoms with Crippen LogP contribution in [0.15, 0.2) is 71.2 Å². The Morgan fingerprint density at radius 1 is 1.09 bits per heavy atom. The third-order valence-electron chi connectivity index (χ3n) is 4.57. The lowest BCUT2D eigenvalue weighted by Gasteiger charge is -2.24. The van der Waals surface area contributed by atoms with Crippen LogP contribution in [0.1, 0.15) is 22.8 Å². The van der Waals surface area contributed by atoms with Crippen LogP contribution in [0.25, 0.3) is 0 Å². The third kappa shape index (κ3) is 5.86. The zero-order valence-electron chi connectivity index (χ0n) is 17.5. The summed E-state index contributed by atoms with van der Waals surface area (Å²) in [6.07, 6.45) is 1.07. The SMILES string of the molecule is CCOc1ccc(C(=O)Nc2ccccc2Br)cc1CN(c1ccc(F)cc1)S(C)(=O)=O. The highest BCUT2D eigenvalue weighted by Gasteiger charge is 2.21. The summed E-state index contributed by atoms with van der Waals surface area (Å²) in [5.74, 6) is -0.363. The van der Waals surface area contributed by atoms with Crippen molar-refractivity contribution in [2.24, 2.45) is 0 Å². The van der Waals surface area contributed by atoms with Crippen LogP contribution in [-0.2, 0) is 16.6 Å². The fraction of sp³-hybridized carbons (Fsp3) is 0.174. The van der Waals surface area contributed by atoms with Gasteiger partial charge in [-0.2, -0.15) is 0 Å². The minimum atomic E-state index is -3.70. The van der Waals surface area contributed by atoms with E-state index in [2.05, 4.69) is 21.2 Å². The molecule has 0 saturated heterocycles. The molecule has 1 N–H and O–H groups in total. The summed E-state index contributed by atoms with van der Waals surface area (Å²) < 4.78 is 45.9. The number of ether oxygens (including phenoxy) is 1. The summed E-state index contributed by atoms with van der Waals surface area (Å²) in [6, 6.07) is 17.2. The molecule has 0 atom stereocenters. The second-order valence-corrected chi connectivity index (χ2v) is 9.70. The van der Waals surface area contributed by atoms with Crippen LogP contribution in [0.2, 0.25) is 0 Å². The highest BCUT2D eigenvalue weighted by atomic mass is 79.9. The number of benzene rings is 3. The highest BCUT2D eigenvalue weighted by Crippen LogP contribution is 2.28. The Balaban J connectivity index is 1.97. The minimum absolute atomic E-state index is 0.0874. The van der Waals surface area contributed by atoms with Crippen LogP contribution < -0.4 is 14.4 Å². The molecule has 0 unspecified atom stereocenters. The molecule has 1 amide bonds. The van der Waals surface area contributed by atoms with E-state index in [1.165, 1.54) is 24.3 Å². The van der Waals surface area contributed by atoms with Gasteiger partial charge in [0.1, 0.15) is 11.6 Å². The van der Waals surface area contributed by atoms with Crippen LogP contribution >= 0.6 is 15.9 Å². The van der Waals surface area contributed by atoms with Gasteiger partial charge < -0.3 is 10.1 Å². The predicted octanol–water partition coefficient (Wildman–Crippen LogP) is 5.21. The van der Waals surface area contributed by atoms with Crippen molar-refractivity contribution in [1.29, 1.82) is 0 Å². The number of nitrogens with one attached hydrogen (secondary N) is 1. The van der Waals surface area contributed by atoms with Gasteiger partial charge in [-0.25, -0.2) is 12.8 Å². The van der Waals surface area contributed by atoms with Crippen molar-refractivity contribution in [1.82, 2.24) is 0 Å². The van der Waals surface area contributed by atoms with E-state index in [-0.39, 0.29) is 12.5 Å². The molecule has 168 valence electrons. The van der Waals surface area contributed by atoms with Gasteiger partial charge in [0, 0.05) is 15.6 Å². The molecule has 0 aliphatic carbocycles. The fourth-order valence-corrected chi connectivity index (χ4v) is 4.32. The summed E-state index contributed by atoms with van der Waals surface area (Å²) in [4.78, 5) is 12.8. The number of para-hydroxylation sites is 1. The van der Waals surface area contributed by atoms with Crippen LogP contribution in [0.5, 0.6) is 5.75 Å². The minimum Gasteiger partial charge on any atom is -0.494 e. The topological polar surface area (TPSA) is 75.7 Å². The zero-order valence-corrected chi connectivity index (χ0v) is 19.9. The molecular formula is C23H22BrFN2O4S. The molecule has 32 heavy (non-hydrogen) atoms. The monoisotopic (exact) mass is 520 g/mol. The number of anilines is 2. The summed E-state index contributed by atoms with van der Waals surface area (Å²) in [7, 11) is -3.70. The average molecular weight is 521 g/mol. The molecule has 0 bridgehead atoms. The van der Waals surface area contributed by atoms with Gasteiger partial charge in [-0.1, -0.05) is 12.1 Å². The Labute approximate surface area is 195 Å². The summed E-state index contributed by atoms with van der Waals surface area (Å²) >= 11 is 3.39. The fourth-order valence-electron chi connectivity index (χ4n) is 3.06. The summed E-state index contributed by atoms with van der Waals surface area (Å²) in [5, 5.41) is 2.83. The van der Waals surface area contributed by atoms with Crippen molar-refractivity contribution in [3.63, 3.8) is 0 Å². The first-order valence-corrected chi connectivity index (χ1v) is 12.4. The molecule has 0 heterocycles. The summed E-state index contributed by atoms with van der Waals surface area (Å²) in [6.45, 7) is 2.09. The molecule has 0 spiro atoms. The largest absolute Gasteiger partial charge is 0.494 e. The van der Waals surface area contributed by atoms with E-state index in [0.717, 1.165) is 15.0 Å². The van der Waals surface area contributed by atoms with Crippen LogP contribution in [0.3, 0.4) is 0 Å². The van der Waals surface area contributed by atoms with E-state index in [9.17, 15) is 17.6 Å². The highest BCUT2D eigenvalue weighted by molar-refractivity contribution is 9.10. The van der Waals surface area contributed by atoms with Crippen LogP contribution in [-0.4, -0.2) is 27.2 Å². The van der Waals surface area contributed by atoms with Gasteiger partial charge in [0.05, 0.1) is 30.8 Å². The quantitative estimate of drug-likeness (QED) is 0.442. The average Bonchev–Trinajstić information content (AvgIpc) is 2.74. The van der Waals surface area contributed by atoms with Gasteiger partial charge in [-0.05, 0) is 77.5 Å². The van der Waals surface area contributed by atoms with Crippen molar-refractivity contribution in [3.8, 4) is 5.75 Å². The second-order valence-electron chi connectivity index (χ2n) is 6.94. The molecule has 0 radical (unpaired) electrons. The number of carbonyl (C=O) groups is 1. The Kier molecular flexibility index (Phi) is 7.52. The standard InChI is InChI=1S/C23H22BrFN2O4S/c1-3-31-22-13-8-16(23(28)26-21-7-5-4-6-20(21)24)14-17(22)15-27(32(2,29)30)19-11-9-18(25)10-12-19/h4-14H,3,15H2,1-2H3,(H,26,28). The van der Waals surface area contributed by atoms with Crippen LogP contribution in [0.4, 0.5) is 15.8 Å². The first-order chi connectivity index (χ1) is 15.2. The molecule has 3 aromatic rings. The maximum absolute atomic E-state index is 13.4. The first-order valence-electron chi connectivity index (χ1n) is 9.74. The molecule has 3 aromatic carbocycles. The number of hydrogen-bond acceptors (Lipinski definition) is 4. The number of sulfonamides is 1. The Hall–Kier alpha value is -2.91. The molecule has 0 saturated carbocycles. The van der Waals surface area contributed by atoms with E-state index < -0.39 is 15.8 Å². The molecular weight excluding hydrogens is 499 g/mol. The third-order valence-corrected chi connectivity index (χ3v) is 6.41. The molecule has 9 heteroatoms. The number of rotatable bonds is 8. The van der Waals surface area contributed by atoms with E-state index in [0.29, 0.717) is 34.9 Å². The molecule has 6 nitrogen and oxygen atoms in total. The predicted molar refractivity (Wildman–Crippen MR) is 127 cm³/mol. The van der Waals surface area contributed by atoms with Gasteiger partial charge in [-0.3, -0.25) is 9.10 Å². The number of nitrogens with zero attached hydrogens (tertiary/aromatic N) is 1. The Bertz CT molecular complexity index is 1220. The maximum atomic E-state index is 13.4. The summed E-state index contributed by atoms with van der Waals surface area (Å²) in [5.41, 5.74) is 1.75. The van der Waals surface area contributed by atoms with Gasteiger partial charge in [-0.15, -0.1) is 0 Å². The van der Waals surface area contributed by atoms with Gasteiger partial charge in [0.25, 0.3) is 5.91 Å². The lowest BCUT2D eigenvalue weighted by atomic mass is 10.1. The molecule has 0 fully saturated rings. The Morgan fingerprint density at radius 2 is 1.78 bits per heavy atom. The van der Waals surface area contributed by atoms with Crippen molar-refractivity contribution < 1.29 is 22.3 Å². The normalized spacial score (nSPS) is 11.1. The van der Waals surface area contributed by atoms with E-state index in [1.807, 2.05) is 19.1 Å². The van der Waals surface area contributed by atoms with Crippen molar-refractivity contribution in [2.45, 2.75) is 13.5 Å². The smallest absolute Gasteiger partial charge is 0.255 e. The number of carbonyl (C=O) groups excluding carboxylic acids is 1. The maximum Gasteiger partial charge on any atom is 0.255 e. The van der Waals surface area contributed by atoms with E-state index in [4.69, 9.17) is 4.74 Å². The van der Waals surface area contributed by atoms with Crippen molar-refractivity contribution in [2.75, 3.05) is 22.5 Å². The van der Waals surface area contributed by atoms with Crippen LogP contribution in [0, 0.1) is 5.82 Å². The van der Waals surface area contributed by atoms with Gasteiger partial charge in [0.2, 0.25) is 10.0 Å². The first kappa shape index (κ1) is 23.7. The van der Waals surface area contributed by atoms with Crippen molar-refractivity contribution in [3.05, 3.63) is 88.1 Å². The Morgan fingerprint density at radius 3 is 2.41 bits per heavy atom. The van der Waals surface area contributed by atoms with Crippen molar-refractivity contribution >= 4 is 43.2 Å². The van der Waals surface area contributed by atoms with E-state index in [1.54, 1.807) is 30.3 Å². The number of halogens is 2.